The lowest BCUT2D eigenvalue weighted by molar-refractivity contribution is 0.0697. The highest BCUT2D eigenvalue weighted by molar-refractivity contribution is 6.33. The number of halogens is 1. The van der Waals surface area contributed by atoms with Crippen LogP contribution in [0.3, 0.4) is 0 Å². The summed E-state index contributed by atoms with van der Waals surface area (Å²) in [4.78, 5) is 11.0. The van der Waals surface area contributed by atoms with Crippen LogP contribution in [0.2, 0.25) is 5.02 Å². The number of rotatable bonds is 6. The van der Waals surface area contributed by atoms with Crippen LogP contribution in [0.5, 0.6) is 0 Å². The molecule has 0 radical (unpaired) electrons. The van der Waals surface area contributed by atoms with E-state index in [1.54, 1.807) is 18.2 Å². The summed E-state index contributed by atoms with van der Waals surface area (Å²) in [7, 11) is 0. The Morgan fingerprint density at radius 2 is 1.95 bits per heavy atom. The third-order valence-electron chi connectivity index (χ3n) is 3.47. The number of hydrogen-bond acceptors (Lipinski definition) is 2. The fraction of sp³-hybridized carbons (Fsp3) is 0.235. The molecule has 1 unspecified atom stereocenters. The lowest BCUT2D eigenvalue weighted by Crippen LogP contribution is -2.07. The number of carbonyl (C=O) groups is 1. The highest BCUT2D eigenvalue weighted by atomic mass is 35.5. The SMILES string of the molecule is CC(CCNc1ccc(Cl)c(C(=O)O)c1)c1ccccc1. The van der Waals surface area contributed by atoms with E-state index in [9.17, 15) is 4.79 Å². The van der Waals surface area contributed by atoms with Crippen molar-refractivity contribution in [2.75, 3.05) is 11.9 Å². The van der Waals surface area contributed by atoms with Crippen molar-refractivity contribution in [3.63, 3.8) is 0 Å². The molecular formula is C17H18ClNO2. The minimum atomic E-state index is -1.01. The number of benzene rings is 2. The Morgan fingerprint density at radius 1 is 1.24 bits per heavy atom. The van der Waals surface area contributed by atoms with Crippen LogP contribution < -0.4 is 5.32 Å². The third-order valence-corrected chi connectivity index (χ3v) is 3.80. The summed E-state index contributed by atoms with van der Waals surface area (Å²) < 4.78 is 0. The van der Waals surface area contributed by atoms with E-state index in [-0.39, 0.29) is 10.6 Å². The van der Waals surface area contributed by atoms with E-state index in [1.165, 1.54) is 5.56 Å². The molecule has 2 rings (SSSR count). The van der Waals surface area contributed by atoms with Crippen molar-refractivity contribution in [2.45, 2.75) is 19.3 Å². The molecule has 0 bridgehead atoms. The van der Waals surface area contributed by atoms with Gasteiger partial charge in [0, 0.05) is 12.2 Å². The van der Waals surface area contributed by atoms with Gasteiger partial charge in [-0.2, -0.15) is 0 Å². The zero-order chi connectivity index (χ0) is 15.2. The van der Waals surface area contributed by atoms with Gasteiger partial charge in [-0.25, -0.2) is 4.79 Å². The van der Waals surface area contributed by atoms with Gasteiger partial charge in [0.2, 0.25) is 0 Å². The predicted octanol–water partition coefficient (Wildman–Crippen LogP) is 4.64. The van der Waals surface area contributed by atoms with Gasteiger partial charge in [-0.05, 0) is 36.1 Å². The molecule has 0 aliphatic heterocycles. The fourth-order valence-corrected chi connectivity index (χ4v) is 2.38. The van der Waals surface area contributed by atoms with E-state index in [0.717, 1.165) is 18.7 Å². The molecule has 0 saturated heterocycles. The van der Waals surface area contributed by atoms with Crippen LogP contribution in [0.15, 0.2) is 48.5 Å². The Hall–Kier alpha value is -2.00. The third kappa shape index (κ3) is 4.23. The van der Waals surface area contributed by atoms with Gasteiger partial charge in [0.15, 0.2) is 0 Å². The molecule has 110 valence electrons. The van der Waals surface area contributed by atoms with Crippen LogP contribution in [0.25, 0.3) is 0 Å². The standard InChI is InChI=1S/C17H18ClNO2/c1-12(13-5-3-2-4-6-13)9-10-19-14-7-8-16(18)15(11-14)17(20)21/h2-8,11-12,19H,9-10H2,1H3,(H,20,21). The van der Waals surface area contributed by atoms with Crippen molar-refractivity contribution >= 4 is 23.3 Å². The van der Waals surface area contributed by atoms with Gasteiger partial charge in [0.25, 0.3) is 0 Å². The van der Waals surface area contributed by atoms with Gasteiger partial charge in [-0.1, -0.05) is 48.9 Å². The maximum absolute atomic E-state index is 11.0. The maximum Gasteiger partial charge on any atom is 0.337 e. The van der Waals surface area contributed by atoms with Crippen molar-refractivity contribution < 1.29 is 9.90 Å². The van der Waals surface area contributed by atoms with E-state index in [4.69, 9.17) is 16.7 Å². The van der Waals surface area contributed by atoms with Crippen LogP contribution in [0, 0.1) is 0 Å². The van der Waals surface area contributed by atoms with Gasteiger partial charge in [0.05, 0.1) is 10.6 Å². The molecule has 0 saturated carbocycles. The van der Waals surface area contributed by atoms with Gasteiger partial charge in [0.1, 0.15) is 0 Å². The number of anilines is 1. The van der Waals surface area contributed by atoms with Crippen molar-refractivity contribution in [3.8, 4) is 0 Å². The summed E-state index contributed by atoms with van der Waals surface area (Å²) in [6.45, 7) is 2.96. The molecule has 0 aliphatic carbocycles. The average molecular weight is 304 g/mol. The molecule has 2 aromatic carbocycles. The highest BCUT2D eigenvalue weighted by Crippen LogP contribution is 2.22. The van der Waals surface area contributed by atoms with Crippen LogP contribution in [0.4, 0.5) is 5.69 Å². The Kier molecular flexibility index (Phi) is 5.23. The quantitative estimate of drug-likeness (QED) is 0.817. The molecule has 2 aromatic rings. The summed E-state index contributed by atoms with van der Waals surface area (Å²) in [5.41, 5.74) is 2.21. The predicted molar refractivity (Wildman–Crippen MR) is 86.4 cm³/mol. The molecule has 4 heteroatoms. The summed E-state index contributed by atoms with van der Waals surface area (Å²) in [6.07, 6.45) is 0.967. The maximum atomic E-state index is 11.0. The van der Waals surface area contributed by atoms with Crippen molar-refractivity contribution in [3.05, 3.63) is 64.7 Å². The second kappa shape index (κ2) is 7.14. The number of aromatic carboxylic acids is 1. The molecule has 3 nitrogen and oxygen atoms in total. The second-order valence-corrected chi connectivity index (χ2v) is 5.43. The van der Waals surface area contributed by atoms with E-state index in [0.29, 0.717) is 5.92 Å². The number of hydrogen-bond donors (Lipinski definition) is 2. The minimum absolute atomic E-state index is 0.123. The van der Waals surface area contributed by atoms with Crippen LogP contribution in [-0.4, -0.2) is 17.6 Å². The molecule has 2 N–H and O–H groups in total. The molecule has 0 heterocycles. The normalized spacial score (nSPS) is 11.9. The van der Waals surface area contributed by atoms with Crippen molar-refractivity contribution in [1.29, 1.82) is 0 Å². The average Bonchev–Trinajstić information content (AvgIpc) is 2.49. The van der Waals surface area contributed by atoms with Crippen LogP contribution in [-0.2, 0) is 0 Å². The second-order valence-electron chi connectivity index (χ2n) is 5.03. The monoisotopic (exact) mass is 303 g/mol. The lowest BCUT2D eigenvalue weighted by atomic mass is 9.98. The number of carboxylic acid groups (broad SMARTS) is 1. The molecule has 0 spiro atoms. The van der Waals surface area contributed by atoms with Crippen LogP contribution >= 0.6 is 11.6 Å². The van der Waals surface area contributed by atoms with Crippen molar-refractivity contribution in [2.24, 2.45) is 0 Å². The number of nitrogens with one attached hydrogen (secondary N) is 1. The molecule has 21 heavy (non-hydrogen) atoms. The Balaban J connectivity index is 1.92. The summed E-state index contributed by atoms with van der Waals surface area (Å²) >= 11 is 5.85. The van der Waals surface area contributed by atoms with Gasteiger partial charge in [-0.15, -0.1) is 0 Å². The first-order valence-electron chi connectivity index (χ1n) is 6.89. The minimum Gasteiger partial charge on any atom is -0.478 e. The number of carboxylic acids is 1. The first-order chi connectivity index (χ1) is 10.1. The largest absolute Gasteiger partial charge is 0.478 e. The molecule has 0 aromatic heterocycles. The fourth-order valence-electron chi connectivity index (χ4n) is 2.18. The van der Waals surface area contributed by atoms with Crippen molar-refractivity contribution in [1.82, 2.24) is 0 Å². The molecule has 0 fully saturated rings. The Labute approximate surface area is 129 Å². The summed E-state index contributed by atoms with van der Waals surface area (Å²) in [5, 5.41) is 12.5. The van der Waals surface area contributed by atoms with Gasteiger partial charge in [-0.3, -0.25) is 0 Å². The Morgan fingerprint density at radius 3 is 2.62 bits per heavy atom. The summed E-state index contributed by atoms with van der Waals surface area (Å²) in [5.74, 6) is -0.564. The molecule has 0 aliphatic rings. The van der Waals surface area contributed by atoms with E-state index >= 15 is 0 Å². The smallest absolute Gasteiger partial charge is 0.337 e. The summed E-state index contributed by atoms with van der Waals surface area (Å²) in [6, 6.07) is 15.3. The zero-order valence-electron chi connectivity index (χ0n) is 11.8. The molecular weight excluding hydrogens is 286 g/mol. The lowest BCUT2D eigenvalue weighted by Gasteiger charge is -2.13. The zero-order valence-corrected chi connectivity index (χ0v) is 12.6. The van der Waals surface area contributed by atoms with E-state index < -0.39 is 5.97 Å². The van der Waals surface area contributed by atoms with Crippen LogP contribution in [0.1, 0.15) is 35.2 Å². The van der Waals surface area contributed by atoms with Gasteiger partial charge >= 0.3 is 5.97 Å². The first kappa shape index (κ1) is 15.4. The topological polar surface area (TPSA) is 49.3 Å². The van der Waals surface area contributed by atoms with E-state index in [2.05, 4.69) is 24.4 Å². The van der Waals surface area contributed by atoms with E-state index in [1.807, 2.05) is 18.2 Å². The van der Waals surface area contributed by atoms with Gasteiger partial charge < -0.3 is 10.4 Å². The first-order valence-corrected chi connectivity index (χ1v) is 7.27. The molecule has 0 amide bonds. The Bertz CT molecular complexity index is 613. The molecule has 1 atom stereocenters. The highest BCUT2D eigenvalue weighted by Gasteiger charge is 2.09.